The topological polar surface area (TPSA) is 31.4 Å². The van der Waals surface area contributed by atoms with Crippen molar-refractivity contribution in [1.82, 2.24) is 4.98 Å². The van der Waals surface area contributed by atoms with Crippen molar-refractivity contribution in [3.05, 3.63) is 65.4 Å². The van der Waals surface area contributed by atoms with Gasteiger partial charge in [0.25, 0.3) is 0 Å². The largest absolute Gasteiger partial charge is 0.493 e. The Kier molecular flexibility index (Phi) is 5.57. The zero-order chi connectivity index (χ0) is 18.5. The molecule has 0 spiro atoms. The van der Waals surface area contributed by atoms with E-state index >= 15 is 0 Å². The summed E-state index contributed by atoms with van der Waals surface area (Å²) in [6, 6.07) is 16.4. The lowest BCUT2D eigenvalue weighted by atomic mass is 10.1. The predicted octanol–water partition coefficient (Wildman–Crippen LogP) is 5.76. The number of aromatic nitrogens is 1. The van der Waals surface area contributed by atoms with Crippen LogP contribution in [0.3, 0.4) is 0 Å². The Bertz CT molecular complexity index is 929. The number of hydrogen-bond acceptors (Lipinski definition) is 3. The lowest BCUT2D eigenvalue weighted by Crippen LogP contribution is -2.05. The highest BCUT2D eigenvalue weighted by molar-refractivity contribution is 5.81. The fourth-order valence-electron chi connectivity index (χ4n) is 2.70. The Morgan fingerprint density at radius 3 is 2.58 bits per heavy atom. The summed E-state index contributed by atoms with van der Waals surface area (Å²) in [5.41, 5.74) is 4.23. The minimum atomic E-state index is 0.474. The normalized spacial score (nSPS) is 11.4. The molecule has 3 heteroatoms. The van der Waals surface area contributed by atoms with E-state index in [1.165, 1.54) is 5.56 Å². The molecule has 0 saturated heterocycles. The molecule has 0 aliphatic carbocycles. The van der Waals surface area contributed by atoms with Gasteiger partial charge in [0.05, 0.1) is 24.9 Å². The van der Waals surface area contributed by atoms with E-state index in [1.54, 1.807) is 7.11 Å². The van der Waals surface area contributed by atoms with E-state index in [0.717, 1.165) is 33.7 Å². The molecular weight excluding hydrogens is 322 g/mol. The van der Waals surface area contributed by atoms with E-state index in [0.29, 0.717) is 12.5 Å². The quantitative estimate of drug-likeness (QED) is 0.568. The van der Waals surface area contributed by atoms with Gasteiger partial charge in [-0.1, -0.05) is 43.7 Å². The van der Waals surface area contributed by atoms with E-state index in [1.807, 2.05) is 36.4 Å². The third-order valence-electron chi connectivity index (χ3n) is 4.07. The lowest BCUT2D eigenvalue weighted by molar-refractivity contribution is 0.257. The van der Waals surface area contributed by atoms with Gasteiger partial charge in [0, 0.05) is 5.39 Å². The van der Waals surface area contributed by atoms with Crippen molar-refractivity contribution in [3.8, 4) is 11.5 Å². The molecule has 0 fully saturated rings. The molecule has 134 valence electrons. The van der Waals surface area contributed by atoms with Gasteiger partial charge in [-0.3, -0.25) is 0 Å². The van der Waals surface area contributed by atoms with Crippen LogP contribution in [0.1, 0.15) is 30.7 Å². The molecule has 1 aromatic heterocycles. The first-order valence-corrected chi connectivity index (χ1v) is 8.91. The van der Waals surface area contributed by atoms with Crippen LogP contribution in [0.25, 0.3) is 23.1 Å². The van der Waals surface area contributed by atoms with E-state index in [4.69, 9.17) is 14.5 Å². The van der Waals surface area contributed by atoms with Crippen LogP contribution in [0.15, 0.2) is 48.5 Å². The first kappa shape index (κ1) is 18.0. The number of nitrogens with zero attached hydrogens (tertiary/aromatic N) is 1. The second-order valence-corrected chi connectivity index (χ2v) is 6.88. The highest BCUT2D eigenvalue weighted by Gasteiger charge is 2.06. The minimum Gasteiger partial charge on any atom is -0.493 e. The standard InChI is InChI=1S/C23H25NO2/c1-16(2)15-26-22-12-7-18(14-23(22)25-4)6-9-20-10-8-19-13-17(3)5-11-21(19)24-20/h5-14,16H,15H2,1-4H3/b9-6+. The maximum absolute atomic E-state index is 5.80. The molecule has 0 unspecified atom stereocenters. The number of benzene rings is 2. The van der Waals surface area contributed by atoms with Crippen LogP contribution in [-0.2, 0) is 0 Å². The maximum Gasteiger partial charge on any atom is 0.161 e. The second kappa shape index (κ2) is 8.05. The summed E-state index contributed by atoms with van der Waals surface area (Å²) in [7, 11) is 1.66. The molecule has 0 atom stereocenters. The van der Waals surface area contributed by atoms with Gasteiger partial charge in [-0.25, -0.2) is 4.98 Å². The van der Waals surface area contributed by atoms with Crippen LogP contribution in [0, 0.1) is 12.8 Å². The smallest absolute Gasteiger partial charge is 0.161 e. The number of aryl methyl sites for hydroxylation is 1. The van der Waals surface area contributed by atoms with E-state index in [9.17, 15) is 0 Å². The van der Waals surface area contributed by atoms with Gasteiger partial charge in [-0.2, -0.15) is 0 Å². The number of fused-ring (bicyclic) bond motifs is 1. The van der Waals surface area contributed by atoms with E-state index < -0.39 is 0 Å². The molecule has 0 N–H and O–H groups in total. The van der Waals surface area contributed by atoms with Crippen molar-refractivity contribution in [2.75, 3.05) is 13.7 Å². The summed E-state index contributed by atoms with van der Waals surface area (Å²) in [6.07, 6.45) is 4.06. The first-order chi connectivity index (χ1) is 12.5. The summed E-state index contributed by atoms with van der Waals surface area (Å²) in [5, 5.41) is 1.16. The van der Waals surface area contributed by atoms with Crippen LogP contribution in [0.2, 0.25) is 0 Å². The van der Waals surface area contributed by atoms with Crippen molar-refractivity contribution in [1.29, 1.82) is 0 Å². The van der Waals surface area contributed by atoms with Crippen molar-refractivity contribution in [3.63, 3.8) is 0 Å². The Balaban J connectivity index is 1.80. The number of ether oxygens (including phenoxy) is 2. The molecule has 0 aliphatic rings. The number of rotatable bonds is 6. The molecule has 3 rings (SSSR count). The van der Waals surface area contributed by atoms with Gasteiger partial charge in [-0.15, -0.1) is 0 Å². The van der Waals surface area contributed by atoms with Crippen LogP contribution in [0.4, 0.5) is 0 Å². The summed E-state index contributed by atoms with van der Waals surface area (Å²) in [6.45, 7) is 7.02. The zero-order valence-corrected chi connectivity index (χ0v) is 15.8. The number of pyridine rings is 1. The fraction of sp³-hybridized carbons (Fsp3) is 0.261. The minimum absolute atomic E-state index is 0.474. The molecule has 0 amide bonds. The SMILES string of the molecule is COc1cc(/C=C/c2ccc3cc(C)ccc3n2)ccc1OCC(C)C. The van der Waals surface area contributed by atoms with Crippen LogP contribution in [0.5, 0.6) is 11.5 Å². The molecule has 0 bridgehead atoms. The molecule has 0 saturated carbocycles. The third kappa shape index (κ3) is 4.42. The van der Waals surface area contributed by atoms with E-state index in [2.05, 4.69) is 45.0 Å². The van der Waals surface area contributed by atoms with Gasteiger partial charge in [0.2, 0.25) is 0 Å². The highest BCUT2D eigenvalue weighted by atomic mass is 16.5. The van der Waals surface area contributed by atoms with Crippen LogP contribution in [-0.4, -0.2) is 18.7 Å². The van der Waals surface area contributed by atoms with Gasteiger partial charge in [0.1, 0.15) is 0 Å². The van der Waals surface area contributed by atoms with Crippen LogP contribution < -0.4 is 9.47 Å². The predicted molar refractivity (Wildman–Crippen MR) is 109 cm³/mol. The molecule has 0 aliphatic heterocycles. The van der Waals surface area contributed by atoms with Gasteiger partial charge >= 0.3 is 0 Å². The highest BCUT2D eigenvalue weighted by Crippen LogP contribution is 2.29. The Hall–Kier alpha value is -2.81. The van der Waals surface area contributed by atoms with Gasteiger partial charge in [-0.05, 0) is 54.8 Å². The number of methoxy groups -OCH3 is 1. The number of hydrogen-bond donors (Lipinski definition) is 0. The fourth-order valence-corrected chi connectivity index (χ4v) is 2.70. The summed E-state index contributed by atoms with van der Waals surface area (Å²) >= 11 is 0. The Labute approximate surface area is 155 Å². The van der Waals surface area contributed by atoms with Crippen molar-refractivity contribution >= 4 is 23.1 Å². The van der Waals surface area contributed by atoms with Crippen molar-refractivity contribution < 1.29 is 9.47 Å². The molecule has 3 aromatic rings. The Morgan fingerprint density at radius 2 is 1.81 bits per heavy atom. The average Bonchev–Trinajstić information content (AvgIpc) is 2.64. The zero-order valence-electron chi connectivity index (χ0n) is 15.8. The Morgan fingerprint density at radius 1 is 0.962 bits per heavy atom. The second-order valence-electron chi connectivity index (χ2n) is 6.88. The van der Waals surface area contributed by atoms with Gasteiger partial charge < -0.3 is 9.47 Å². The van der Waals surface area contributed by atoms with Crippen LogP contribution >= 0.6 is 0 Å². The third-order valence-corrected chi connectivity index (χ3v) is 4.07. The molecular formula is C23H25NO2. The maximum atomic E-state index is 5.80. The average molecular weight is 347 g/mol. The monoisotopic (exact) mass is 347 g/mol. The molecule has 3 nitrogen and oxygen atoms in total. The molecule has 1 heterocycles. The molecule has 2 aromatic carbocycles. The van der Waals surface area contributed by atoms with Crippen molar-refractivity contribution in [2.45, 2.75) is 20.8 Å². The lowest BCUT2D eigenvalue weighted by Gasteiger charge is -2.12. The molecule has 0 radical (unpaired) electrons. The van der Waals surface area contributed by atoms with E-state index in [-0.39, 0.29) is 0 Å². The molecule has 26 heavy (non-hydrogen) atoms. The summed E-state index contributed by atoms with van der Waals surface area (Å²) < 4.78 is 11.3. The summed E-state index contributed by atoms with van der Waals surface area (Å²) in [4.78, 5) is 4.70. The first-order valence-electron chi connectivity index (χ1n) is 8.91. The van der Waals surface area contributed by atoms with Gasteiger partial charge in [0.15, 0.2) is 11.5 Å². The summed E-state index contributed by atoms with van der Waals surface area (Å²) in [5.74, 6) is 1.99. The van der Waals surface area contributed by atoms with Crippen molar-refractivity contribution in [2.24, 2.45) is 5.92 Å².